The van der Waals surface area contributed by atoms with Gasteiger partial charge in [-0.25, -0.2) is 0 Å². The smallest absolute Gasteiger partial charge is 0.00143 e. The lowest BCUT2D eigenvalue weighted by molar-refractivity contribution is 1.53. The molecule has 0 bridgehead atoms. The number of hydrogen-bond donors (Lipinski definition) is 0. The van der Waals surface area contributed by atoms with Crippen LogP contribution >= 0.6 is 0 Å². The van der Waals surface area contributed by atoms with E-state index >= 15 is 0 Å². The van der Waals surface area contributed by atoms with Gasteiger partial charge in [-0.15, -0.1) is 0 Å². The molecule has 0 saturated heterocycles. The van der Waals surface area contributed by atoms with E-state index in [1.54, 1.807) is 0 Å². The Labute approximate surface area is 213 Å². The number of rotatable bonds is 5. The second-order valence-corrected chi connectivity index (χ2v) is 8.92. The van der Waals surface area contributed by atoms with E-state index in [1.807, 2.05) is 0 Å². The van der Waals surface area contributed by atoms with E-state index in [0.717, 1.165) is 0 Å². The molecule has 0 amide bonds. The summed E-state index contributed by atoms with van der Waals surface area (Å²) in [7, 11) is 0. The van der Waals surface area contributed by atoms with Crippen molar-refractivity contribution in [3.8, 4) is 55.6 Å². The van der Waals surface area contributed by atoms with E-state index in [9.17, 15) is 0 Å². The minimum absolute atomic E-state index is 1.21. The molecule has 0 unspecified atom stereocenters. The Morgan fingerprint density at radius 3 is 0.639 bits per heavy atom. The standard InChI is InChI=1S/C36H26/c1-5-15-27(16-6-1)31-23-13-24-32(28-17-7-2-8-18-28)35(31)36-33(29-19-9-3-10-20-29)25-14-26-34(36)30-21-11-4-12-22-30/h1-26H. The summed E-state index contributed by atoms with van der Waals surface area (Å²) in [5.41, 5.74) is 12.3. The minimum atomic E-state index is 1.21. The van der Waals surface area contributed by atoms with Crippen LogP contribution in [0.1, 0.15) is 0 Å². The van der Waals surface area contributed by atoms with Gasteiger partial charge in [-0.3, -0.25) is 0 Å². The topological polar surface area (TPSA) is 0 Å². The van der Waals surface area contributed by atoms with Crippen molar-refractivity contribution >= 4 is 0 Å². The zero-order valence-corrected chi connectivity index (χ0v) is 20.0. The highest BCUT2D eigenvalue weighted by Gasteiger charge is 2.21. The molecule has 0 saturated carbocycles. The van der Waals surface area contributed by atoms with Gasteiger partial charge in [0.15, 0.2) is 0 Å². The van der Waals surface area contributed by atoms with Crippen LogP contribution in [0.4, 0.5) is 0 Å². The first-order valence-corrected chi connectivity index (χ1v) is 12.4. The molecule has 6 aromatic carbocycles. The Morgan fingerprint density at radius 2 is 0.417 bits per heavy atom. The van der Waals surface area contributed by atoms with Crippen LogP contribution in [0, 0.1) is 0 Å². The summed E-state index contributed by atoms with van der Waals surface area (Å²) < 4.78 is 0. The van der Waals surface area contributed by atoms with Crippen molar-refractivity contribution < 1.29 is 0 Å². The summed E-state index contributed by atoms with van der Waals surface area (Å²) >= 11 is 0. The van der Waals surface area contributed by atoms with Crippen LogP contribution in [-0.2, 0) is 0 Å². The monoisotopic (exact) mass is 458 g/mol. The molecule has 170 valence electrons. The van der Waals surface area contributed by atoms with Crippen LogP contribution in [0.15, 0.2) is 158 Å². The summed E-state index contributed by atoms with van der Waals surface area (Å²) in [5, 5.41) is 0. The molecule has 0 fully saturated rings. The lowest BCUT2D eigenvalue weighted by Gasteiger charge is -2.22. The predicted molar refractivity (Wildman–Crippen MR) is 154 cm³/mol. The van der Waals surface area contributed by atoms with Crippen molar-refractivity contribution in [3.63, 3.8) is 0 Å². The summed E-state index contributed by atoms with van der Waals surface area (Å²) in [6.45, 7) is 0. The Kier molecular flexibility index (Phi) is 6.00. The van der Waals surface area contributed by atoms with E-state index in [2.05, 4.69) is 158 Å². The third kappa shape index (κ3) is 4.15. The molecule has 0 nitrogen and oxygen atoms in total. The molecule has 6 aromatic rings. The van der Waals surface area contributed by atoms with Gasteiger partial charge in [-0.1, -0.05) is 158 Å². The lowest BCUT2D eigenvalue weighted by atomic mass is 9.81. The van der Waals surface area contributed by atoms with Gasteiger partial charge in [0.2, 0.25) is 0 Å². The van der Waals surface area contributed by atoms with Gasteiger partial charge < -0.3 is 0 Å². The van der Waals surface area contributed by atoms with E-state index in [0.29, 0.717) is 0 Å². The maximum Gasteiger partial charge on any atom is -0.00143 e. The number of benzene rings is 6. The summed E-state index contributed by atoms with van der Waals surface area (Å²) in [6, 6.07) is 56.4. The molecule has 36 heavy (non-hydrogen) atoms. The Bertz CT molecular complexity index is 1340. The molecule has 0 aliphatic rings. The van der Waals surface area contributed by atoms with E-state index < -0.39 is 0 Å². The molecule has 0 radical (unpaired) electrons. The normalized spacial score (nSPS) is 10.8. The zero-order chi connectivity index (χ0) is 24.2. The Hall–Kier alpha value is -4.68. The molecule has 6 rings (SSSR count). The fraction of sp³-hybridized carbons (Fsp3) is 0. The maximum atomic E-state index is 2.26. The van der Waals surface area contributed by atoms with Gasteiger partial charge in [-0.2, -0.15) is 0 Å². The highest BCUT2D eigenvalue weighted by atomic mass is 14.2. The third-order valence-corrected chi connectivity index (χ3v) is 6.72. The van der Waals surface area contributed by atoms with Crippen molar-refractivity contribution in [1.29, 1.82) is 0 Å². The molecule has 0 spiro atoms. The minimum Gasteiger partial charge on any atom is -0.0622 e. The first-order chi connectivity index (χ1) is 17.9. The summed E-state index contributed by atoms with van der Waals surface area (Å²) in [4.78, 5) is 0. The summed E-state index contributed by atoms with van der Waals surface area (Å²) in [6.07, 6.45) is 0. The van der Waals surface area contributed by atoms with Crippen molar-refractivity contribution in [1.82, 2.24) is 0 Å². The summed E-state index contributed by atoms with van der Waals surface area (Å²) in [5.74, 6) is 0. The molecular formula is C36H26. The van der Waals surface area contributed by atoms with Crippen LogP contribution in [0.2, 0.25) is 0 Å². The van der Waals surface area contributed by atoms with Crippen molar-refractivity contribution in [2.24, 2.45) is 0 Å². The maximum absolute atomic E-state index is 2.26. The molecule has 0 N–H and O–H groups in total. The Morgan fingerprint density at radius 1 is 0.194 bits per heavy atom. The first kappa shape index (κ1) is 21.8. The highest BCUT2D eigenvalue weighted by Crippen LogP contribution is 2.47. The van der Waals surface area contributed by atoms with Crippen molar-refractivity contribution in [2.75, 3.05) is 0 Å². The first-order valence-electron chi connectivity index (χ1n) is 12.4. The SMILES string of the molecule is c1ccc(-c2cccc(-c3ccccc3)c2-c2c(-c3ccccc3)cccc2-c2ccccc2)cc1. The number of hydrogen-bond acceptors (Lipinski definition) is 0. The van der Waals surface area contributed by atoms with Crippen LogP contribution in [0.3, 0.4) is 0 Å². The average molecular weight is 459 g/mol. The lowest BCUT2D eigenvalue weighted by Crippen LogP contribution is -1.96. The van der Waals surface area contributed by atoms with Crippen LogP contribution in [0.5, 0.6) is 0 Å². The molecule has 0 aromatic heterocycles. The fourth-order valence-corrected chi connectivity index (χ4v) is 5.08. The van der Waals surface area contributed by atoms with Gasteiger partial charge in [0.1, 0.15) is 0 Å². The molecule has 0 aliphatic carbocycles. The van der Waals surface area contributed by atoms with Crippen molar-refractivity contribution in [2.45, 2.75) is 0 Å². The van der Waals surface area contributed by atoms with Crippen LogP contribution in [-0.4, -0.2) is 0 Å². The van der Waals surface area contributed by atoms with Gasteiger partial charge in [0.25, 0.3) is 0 Å². The Balaban J connectivity index is 1.77. The largest absolute Gasteiger partial charge is 0.0622 e. The fourth-order valence-electron chi connectivity index (χ4n) is 5.08. The molecule has 0 heterocycles. The van der Waals surface area contributed by atoms with Crippen molar-refractivity contribution in [3.05, 3.63) is 158 Å². The van der Waals surface area contributed by atoms with E-state index in [-0.39, 0.29) is 0 Å². The van der Waals surface area contributed by atoms with Crippen LogP contribution in [0.25, 0.3) is 55.6 Å². The van der Waals surface area contributed by atoms with Gasteiger partial charge in [-0.05, 0) is 55.6 Å². The molecule has 0 heteroatoms. The molecular weight excluding hydrogens is 432 g/mol. The van der Waals surface area contributed by atoms with Crippen LogP contribution < -0.4 is 0 Å². The van der Waals surface area contributed by atoms with Gasteiger partial charge in [0, 0.05) is 0 Å². The highest BCUT2D eigenvalue weighted by molar-refractivity contribution is 6.05. The quantitative estimate of drug-likeness (QED) is 0.241. The molecule has 0 atom stereocenters. The van der Waals surface area contributed by atoms with Gasteiger partial charge >= 0.3 is 0 Å². The second kappa shape index (κ2) is 9.90. The second-order valence-electron chi connectivity index (χ2n) is 8.92. The van der Waals surface area contributed by atoms with Gasteiger partial charge in [0.05, 0.1) is 0 Å². The predicted octanol–water partition coefficient (Wildman–Crippen LogP) is 10.0. The third-order valence-electron chi connectivity index (χ3n) is 6.72. The van der Waals surface area contributed by atoms with E-state index in [1.165, 1.54) is 55.6 Å². The van der Waals surface area contributed by atoms with E-state index in [4.69, 9.17) is 0 Å². The zero-order valence-electron chi connectivity index (χ0n) is 20.0. The average Bonchev–Trinajstić information content (AvgIpc) is 2.98. The molecule has 0 aliphatic heterocycles.